The molecule has 1 amide bonds. The van der Waals surface area contributed by atoms with Crippen LogP contribution in [0, 0.1) is 0 Å². The third-order valence-electron chi connectivity index (χ3n) is 3.50. The van der Waals surface area contributed by atoms with Crippen molar-refractivity contribution in [3.05, 3.63) is 48.3 Å². The van der Waals surface area contributed by atoms with E-state index in [0.29, 0.717) is 24.5 Å². The van der Waals surface area contributed by atoms with Crippen LogP contribution in [0.5, 0.6) is 0 Å². The summed E-state index contributed by atoms with van der Waals surface area (Å²) in [7, 11) is 0. The number of amides is 1. The normalized spacial score (nSPS) is 10.9. The fourth-order valence-corrected chi connectivity index (χ4v) is 2.34. The first-order valence-corrected chi connectivity index (χ1v) is 7.56. The summed E-state index contributed by atoms with van der Waals surface area (Å²) in [6.45, 7) is 6.09. The zero-order valence-electron chi connectivity index (χ0n) is 13.2. The molecule has 0 atom stereocenters. The van der Waals surface area contributed by atoms with Gasteiger partial charge in [-0.2, -0.15) is 15.3 Å². The van der Waals surface area contributed by atoms with E-state index >= 15 is 0 Å². The van der Waals surface area contributed by atoms with Gasteiger partial charge in [0.1, 0.15) is 5.69 Å². The van der Waals surface area contributed by atoms with Gasteiger partial charge >= 0.3 is 0 Å². The Bertz CT molecular complexity index is 798. The maximum atomic E-state index is 12.2. The van der Waals surface area contributed by atoms with Gasteiger partial charge in [-0.15, -0.1) is 0 Å². The highest BCUT2D eigenvalue weighted by atomic mass is 16.2. The lowest BCUT2D eigenvalue weighted by molar-refractivity contribution is 0.101. The summed E-state index contributed by atoms with van der Waals surface area (Å²) < 4.78 is 5.29. The summed E-state index contributed by atoms with van der Waals surface area (Å²) in [6, 6.07) is 1.70. The molecule has 120 valence electrons. The van der Waals surface area contributed by atoms with Crippen LogP contribution in [0.15, 0.2) is 37.1 Å². The number of carbonyl (C=O) groups excluding carboxylic acids is 1. The Hall–Kier alpha value is -2.90. The second kappa shape index (κ2) is 6.47. The second-order valence-electron chi connectivity index (χ2n) is 5.12. The van der Waals surface area contributed by atoms with E-state index in [2.05, 4.69) is 20.6 Å². The van der Waals surface area contributed by atoms with Gasteiger partial charge in [0.25, 0.3) is 5.91 Å². The van der Waals surface area contributed by atoms with Crippen LogP contribution in [-0.4, -0.2) is 35.2 Å². The predicted octanol–water partition coefficient (Wildman–Crippen LogP) is 1.62. The van der Waals surface area contributed by atoms with Crippen LogP contribution in [0.1, 0.15) is 29.9 Å². The Morgan fingerprint density at radius 3 is 2.65 bits per heavy atom. The molecule has 0 aliphatic carbocycles. The number of nitrogens with zero attached hydrogens (tertiary/aromatic N) is 6. The van der Waals surface area contributed by atoms with Crippen molar-refractivity contribution in [2.45, 2.75) is 33.5 Å². The van der Waals surface area contributed by atoms with Gasteiger partial charge in [-0.1, -0.05) is 0 Å². The van der Waals surface area contributed by atoms with Crippen LogP contribution < -0.4 is 5.32 Å². The van der Waals surface area contributed by atoms with Gasteiger partial charge in [-0.3, -0.25) is 18.8 Å². The number of rotatable bonds is 6. The van der Waals surface area contributed by atoms with Gasteiger partial charge in [0.05, 0.1) is 24.6 Å². The van der Waals surface area contributed by atoms with E-state index in [-0.39, 0.29) is 5.91 Å². The van der Waals surface area contributed by atoms with E-state index in [4.69, 9.17) is 0 Å². The summed E-state index contributed by atoms with van der Waals surface area (Å²) in [4.78, 5) is 12.2. The first-order chi connectivity index (χ1) is 11.2. The molecule has 0 aliphatic heterocycles. The lowest BCUT2D eigenvalue weighted by Crippen LogP contribution is -2.17. The average Bonchev–Trinajstić information content (AvgIpc) is 3.27. The maximum Gasteiger partial charge on any atom is 0.274 e. The molecule has 3 aromatic rings. The van der Waals surface area contributed by atoms with Gasteiger partial charge in [0.2, 0.25) is 0 Å². The van der Waals surface area contributed by atoms with Crippen molar-refractivity contribution in [1.29, 1.82) is 0 Å². The monoisotopic (exact) mass is 313 g/mol. The van der Waals surface area contributed by atoms with Crippen LogP contribution in [0.25, 0.3) is 0 Å². The highest BCUT2D eigenvalue weighted by Gasteiger charge is 2.12. The fourth-order valence-electron chi connectivity index (χ4n) is 2.34. The molecular weight excluding hydrogens is 294 g/mol. The van der Waals surface area contributed by atoms with Crippen molar-refractivity contribution in [2.24, 2.45) is 0 Å². The van der Waals surface area contributed by atoms with Crippen molar-refractivity contribution in [1.82, 2.24) is 29.3 Å². The summed E-state index contributed by atoms with van der Waals surface area (Å²) >= 11 is 0. The van der Waals surface area contributed by atoms with E-state index in [1.807, 2.05) is 30.9 Å². The highest BCUT2D eigenvalue weighted by molar-refractivity contribution is 6.02. The van der Waals surface area contributed by atoms with Crippen LogP contribution >= 0.6 is 0 Å². The molecule has 0 fully saturated rings. The van der Waals surface area contributed by atoms with Gasteiger partial charge in [0, 0.05) is 37.2 Å². The Morgan fingerprint density at radius 1 is 1.09 bits per heavy atom. The zero-order chi connectivity index (χ0) is 16.2. The molecule has 0 saturated carbocycles. The molecule has 0 bridgehead atoms. The molecule has 8 heteroatoms. The number of anilines is 1. The largest absolute Gasteiger partial charge is 0.318 e. The standard InChI is InChI=1S/C15H19N7O/c1-3-20-9-12(7-17-20)10-21-11-13(8-18-21)19-15(23)14-5-6-16-22(14)4-2/h5-9,11H,3-4,10H2,1-2H3,(H,19,23). The molecule has 8 nitrogen and oxygen atoms in total. The minimum Gasteiger partial charge on any atom is -0.318 e. The number of aryl methyl sites for hydroxylation is 2. The van der Waals surface area contributed by atoms with Crippen molar-refractivity contribution in [3.63, 3.8) is 0 Å². The van der Waals surface area contributed by atoms with Gasteiger partial charge in [-0.25, -0.2) is 0 Å². The summed E-state index contributed by atoms with van der Waals surface area (Å²) in [5.41, 5.74) is 2.25. The summed E-state index contributed by atoms with van der Waals surface area (Å²) in [5, 5.41) is 15.4. The summed E-state index contributed by atoms with van der Waals surface area (Å²) in [6.07, 6.45) is 8.86. The molecule has 23 heavy (non-hydrogen) atoms. The third-order valence-corrected chi connectivity index (χ3v) is 3.50. The van der Waals surface area contributed by atoms with Gasteiger partial charge in [0.15, 0.2) is 0 Å². The molecule has 0 aliphatic rings. The number of carbonyl (C=O) groups is 1. The van der Waals surface area contributed by atoms with Crippen LogP contribution in [-0.2, 0) is 19.6 Å². The minimum absolute atomic E-state index is 0.192. The Labute approximate surface area is 133 Å². The number of hydrogen-bond acceptors (Lipinski definition) is 4. The number of hydrogen-bond donors (Lipinski definition) is 1. The molecule has 3 rings (SSSR count). The minimum atomic E-state index is -0.192. The quantitative estimate of drug-likeness (QED) is 0.749. The molecule has 0 saturated heterocycles. The fraction of sp³-hybridized carbons (Fsp3) is 0.333. The molecule has 0 spiro atoms. The molecule has 3 heterocycles. The average molecular weight is 313 g/mol. The molecular formula is C15H19N7O. The topological polar surface area (TPSA) is 82.6 Å². The molecule has 1 N–H and O–H groups in total. The molecule has 0 radical (unpaired) electrons. The number of aromatic nitrogens is 6. The molecule has 0 unspecified atom stereocenters. The first-order valence-electron chi connectivity index (χ1n) is 7.56. The van der Waals surface area contributed by atoms with Crippen LogP contribution in [0.4, 0.5) is 5.69 Å². The zero-order valence-corrected chi connectivity index (χ0v) is 13.2. The Balaban J connectivity index is 1.66. The van der Waals surface area contributed by atoms with E-state index in [1.165, 1.54) is 0 Å². The van der Waals surface area contributed by atoms with E-state index in [0.717, 1.165) is 12.1 Å². The van der Waals surface area contributed by atoms with Crippen LogP contribution in [0.2, 0.25) is 0 Å². The Morgan fingerprint density at radius 2 is 1.91 bits per heavy atom. The van der Waals surface area contributed by atoms with Crippen molar-refractivity contribution >= 4 is 11.6 Å². The summed E-state index contributed by atoms with van der Waals surface area (Å²) in [5.74, 6) is -0.192. The van der Waals surface area contributed by atoms with Crippen molar-refractivity contribution in [2.75, 3.05) is 5.32 Å². The lowest BCUT2D eigenvalue weighted by Gasteiger charge is -2.04. The van der Waals surface area contributed by atoms with Gasteiger partial charge in [-0.05, 0) is 19.9 Å². The molecule has 0 aromatic carbocycles. The van der Waals surface area contributed by atoms with Crippen molar-refractivity contribution < 1.29 is 4.79 Å². The maximum absolute atomic E-state index is 12.2. The third kappa shape index (κ3) is 3.31. The first kappa shape index (κ1) is 15.0. The van der Waals surface area contributed by atoms with Crippen molar-refractivity contribution in [3.8, 4) is 0 Å². The van der Waals surface area contributed by atoms with E-state index in [1.54, 1.807) is 34.0 Å². The Kier molecular flexibility index (Phi) is 4.22. The van der Waals surface area contributed by atoms with Crippen LogP contribution in [0.3, 0.4) is 0 Å². The number of nitrogens with one attached hydrogen (secondary N) is 1. The van der Waals surface area contributed by atoms with Gasteiger partial charge < -0.3 is 5.32 Å². The van der Waals surface area contributed by atoms with E-state index in [9.17, 15) is 4.79 Å². The predicted molar refractivity (Wildman–Crippen MR) is 85.1 cm³/mol. The van der Waals surface area contributed by atoms with E-state index < -0.39 is 0 Å². The smallest absolute Gasteiger partial charge is 0.274 e. The highest BCUT2D eigenvalue weighted by Crippen LogP contribution is 2.10. The lowest BCUT2D eigenvalue weighted by atomic mass is 10.3. The SMILES string of the molecule is CCn1cc(Cn2cc(NC(=O)c3ccnn3CC)cn2)cn1. The molecule has 3 aromatic heterocycles. The second-order valence-corrected chi connectivity index (χ2v) is 5.12.